The molecule has 0 saturated carbocycles. The van der Waals surface area contributed by atoms with Gasteiger partial charge in [0.05, 0.1) is 22.4 Å². The maximum atomic E-state index is 6.40. The van der Waals surface area contributed by atoms with Crippen molar-refractivity contribution in [2.24, 2.45) is 0 Å². The van der Waals surface area contributed by atoms with Gasteiger partial charge in [0.15, 0.2) is 0 Å². The van der Waals surface area contributed by atoms with E-state index in [9.17, 15) is 0 Å². The summed E-state index contributed by atoms with van der Waals surface area (Å²) in [5.41, 5.74) is 13.2. The summed E-state index contributed by atoms with van der Waals surface area (Å²) in [4.78, 5) is 2.44. The van der Waals surface area contributed by atoms with Gasteiger partial charge in [-0.25, -0.2) is 0 Å². The van der Waals surface area contributed by atoms with Crippen LogP contribution in [0.25, 0.3) is 93.2 Å². The molecule has 0 aliphatic rings. The first-order valence-electron chi connectivity index (χ1n) is 20.2. The summed E-state index contributed by atoms with van der Waals surface area (Å²) in [6, 6.07) is 78.7. The van der Waals surface area contributed by atoms with E-state index in [1.165, 1.54) is 48.9 Å². The summed E-state index contributed by atoms with van der Waals surface area (Å²) in [5.74, 6) is 0. The summed E-state index contributed by atoms with van der Waals surface area (Å²) in [6.07, 6.45) is 0. The number of hydrogen-bond acceptors (Lipinski definition) is 2. The van der Waals surface area contributed by atoms with Crippen molar-refractivity contribution in [3.63, 3.8) is 0 Å². The van der Waals surface area contributed by atoms with E-state index >= 15 is 0 Å². The van der Waals surface area contributed by atoms with Crippen LogP contribution >= 0.6 is 0 Å². The molecule has 0 bridgehead atoms. The summed E-state index contributed by atoms with van der Waals surface area (Å²) < 4.78 is 8.77. The van der Waals surface area contributed by atoms with Crippen LogP contribution in [0.4, 0.5) is 17.1 Å². The Morgan fingerprint density at radius 2 is 0.898 bits per heavy atom. The first-order chi connectivity index (χ1) is 29.3. The normalized spacial score (nSPS) is 11.7. The predicted octanol–water partition coefficient (Wildman–Crippen LogP) is 15.8. The highest BCUT2D eigenvalue weighted by Gasteiger charge is 2.22. The molecule has 0 radical (unpaired) electrons. The third-order valence-corrected chi connectivity index (χ3v) is 12.0. The van der Waals surface area contributed by atoms with Gasteiger partial charge < -0.3 is 13.9 Å². The molecule has 0 aliphatic carbocycles. The zero-order valence-electron chi connectivity index (χ0n) is 32.1. The van der Waals surface area contributed by atoms with Crippen LogP contribution in [-0.2, 0) is 0 Å². The van der Waals surface area contributed by atoms with Gasteiger partial charge in [-0.3, -0.25) is 0 Å². The van der Waals surface area contributed by atoms with E-state index in [4.69, 9.17) is 4.42 Å². The van der Waals surface area contributed by atoms with Crippen molar-refractivity contribution in [3.8, 4) is 27.9 Å². The Labute approximate surface area is 341 Å². The molecule has 2 heterocycles. The molecule has 12 aromatic rings. The lowest BCUT2D eigenvalue weighted by molar-refractivity contribution is 0.669. The fraction of sp³-hybridized carbons (Fsp3) is 0. The minimum Gasteiger partial charge on any atom is -0.456 e. The van der Waals surface area contributed by atoms with E-state index in [0.29, 0.717) is 0 Å². The van der Waals surface area contributed by atoms with Gasteiger partial charge in [0.1, 0.15) is 11.2 Å². The van der Waals surface area contributed by atoms with E-state index < -0.39 is 0 Å². The third-order valence-electron chi connectivity index (χ3n) is 12.0. The molecule has 0 spiro atoms. The molecule has 0 N–H and O–H groups in total. The summed E-state index contributed by atoms with van der Waals surface area (Å²) in [6.45, 7) is 0. The van der Waals surface area contributed by atoms with Crippen LogP contribution < -0.4 is 4.90 Å². The number of anilines is 3. The van der Waals surface area contributed by atoms with Gasteiger partial charge in [0.25, 0.3) is 0 Å². The van der Waals surface area contributed by atoms with Crippen LogP contribution in [0.3, 0.4) is 0 Å². The Balaban J connectivity index is 1.02. The second-order valence-electron chi connectivity index (χ2n) is 15.3. The lowest BCUT2D eigenvalue weighted by Crippen LogP contribution is -2.12. The number of benzene rings is 10. The smallest absolute Gasteiger partial charge is 0.136 e. The molecule has 3 heteroatoms. The third kappa shape index (κ3) is 5.29. The van der Waals surface area contributed by atoms with Gasteiger partial charge in [0, 0.05) is 43.9 Å². The van der Waals surface area contributed by atoms with Crippen LogP contribution in [0.5, 0.6) is 0 Å². The molecule has 0 fully saturated rings. The molecule has 0 aliphatic heterocycles. The maximum Gasteiger partial charge on any atom is 0.136 e. The molecule has 3 nitrogen and oxygen atoms in total. The van der Waals surface area contributed by atoms with Gasteiger partial charge in [-0.2, -0.15) is 0 Å². The number of para-hydroxylation sites is 4. The quantitative estimate of drug-likeness (QED) is 0.158. The molecule has 276 valence electrons. The topological polar surface area (TPSA) is 21.3 Å². The molecule has 12 rings (SSSR count). The number of furan rings is 1. The van der Waals surface area contributed by atoms with Crippen LogP contribution in [0, 0.1) is 0 Å². The average molecular weight is 753 g/mol. The van der Waals surface area contributed by atoms with Crippen molar-refractivity contribution < 1.29 is 4.42 Å². The van der Waals surface area contributed by atoms with Crippen molar-refractivity contribution in [1.82, 2.24) is 4.57 Å². The Morgan fingerprint density at radius 1 is 0.356 bits per heavy atom. The van der Waals surface area contributed by atoms with Gasteiger partial charge in [-0.15, -0.1) is 0 Å². The molecule has 59 heavy (non-hydrogen) atoms. The molecule has 0 saturated heterocycles. The zero-order valence-corrected chi connectivity index (χ0v) is 32.1. The molecule has 10 aromatic carbocycles. The predicted molar refractivity (Wildman–Crippen MR) is 249 cm³/mol. The summed E-state index contributed by atoms with van der Waals surface area (Å²) in [5, 5.41) is 9.64. The molecule has 0 unspecified atom stereocenters. The number of fused-ring (bicyclic) bond motifs is 9. The molecule has 0 atom stereocenters. The van der Waals surface area contributed by atoms with Crippen molar-refractivity contribution in [2.75, 3.05) is 4.90 Å². The molecular weight excluding hydrogens is 717 g/mol. The minimum absolute atomic E-state index is 0.884. The fourth-order valence-electron chi connectivity index (χ4n) is 9.33. The van der Waals surface area contributed by atoms with E-state index in [1.807, 2.05) is 6.07 Å². The second kappa shape index (κ2) is 13.4. The van der Waals surface area contributed by atoms with E-state index in [2.05, 4.69) is 222 Å². The Hall–Kier alpha value is -7.88. The SMILES string of the molecule is c1ccc(N(c2ccc(-c3ccc(-n4c5ccccc5c5ccccc54)cc3)cc2)c2cc3ccccc3c3ccccc23)c(-c2cccc3oc4ccccc4c23)c1. The van der Waals surface area contributed by atoms with Crippen LogP contribution in [0.2, 0.25) is 0 Å². The van der Waals surface area contributed by atoms with E-state index in [-0.39, 0.29) is 0 Å². The lowest BCUT2D eigenvalue weighted by Gasteiger charge is -2.30. The molecular formula is C56H36N2O. The van der Waals surface area contributed by atoms with Crippen LogP contribution in [0.15, 0.2) is 223 Å². The minimum atomic E-state index is 0.884. The number of aromatic nitrogens is 1. The molecule has 2 aromatic heterocycles. The van der Waals surface area contributed by atoms with Crippen molar-refractivity contribution in [2.45, 2.75) is 0 Å². The van der Waals surface area contributed by atoms with Crippen molar-refractivity contribution in [1.29, 1.82) is 0 Å². The van der Waals surface area contributed by atoms with E-state index in [1.54, 1.807) is 0 Å². The Kier molecular flexibility index (Phi) is 7.54. The standard InChI is InChI=1S/C56H36N2O/c1-2-15-42-39(14-1)36-53(44-17-4-3-16-43(42)44)58(52-25-11-7-20-47(52)48-22-13-27-55-56(48)49-21-8-12-26-54(49)59-55)41-34-30-38(31-35-41)37-28-32-40(33-29-37)57-50-23-9-5-18-45(50)46-19-6-10-24-51(46)57/h1-36H. The molecule has 0 amide bonds. The van der Waals surface area contributed by atoms with E-state index in [0.717, 1.165) is 61.4 Å². The monoisotopic (exact) mass is 752 g/mol. The van der Waals surface area contributed by atoms with Gasteiger partial charge >= 0.3 is 0 Å². The number of rotatable bonds is 6. The second-order valence-corrected chi connectivity index (χ2v) is 15.3. The zero-order chi connectivity index (χ0) is 38.9. The van der Waals surface area contributed by atoms with Gasteiger partial charge in [0.2, 0.25) is 0 Å². The highest BCUT2D eigenvalue weighted by Crippen LogP contribution is 2.47. The summed E-state index contributed by atoms with van der Waals surface area (Å²) >= 11 is 0. The van der Waals surface area contributed by atoms with Gasteiger partial charge in [-0.05, 0) is 93.5 Å². The number of nitrogens with zero attached hydrogens (tertiary/aromatic N) is 2. The highest BCUT2D eigenvalue weighted by molar-refractivity contribution is 6.17. The average Bonchev–Trinajstić information content (AvgIpc) is 3.86. The van der Waals surface area contributed by atoms with Crippen molar-refractivity contribution >= 4 is 82.4 Å². The lowest BCUT2D eigenvalue weighted by atomic mass is 9.95. The first kappa shape index (κ1) is 33.3. The van der Waals surface area contributed by atoms with Gasteiger partial charge in [-0.1, -0.05) is 158 Å². The Morgan fingerprint density at radius 3 is 1.64 bits per heavy atom. The van der Waals surface area contributed by atoms with Crippen LogP contribution in [-0.4, -0.2) is 4.57 Å². The first-order valence-corrected chi connectivity index (χ1v) is 20.2. The van der Waals surface area contributed by atoms with Crippen molar-refractivity contribution in [3.05, 3.63) is 218 Å². The number of hydrogen-bond donors (Lipinski definition) is 0. The highest BCUT2D eigenvalue weighted by atomic mass is 16.3. The maximum absolute atomic E-state index is 6.40. The fourth-order valence-corrected chi connectivity index (χ4v) is 9.33. The summed E-state index contributed by atoms with van der Waals surface area (Å²) in [7, 11) is 0. The largest absolute Gasteiger partial charge is 0.456 e. The van der Waals surface area contributed by atoms with Crippen LogP contribution in [0.1, 0.15) is 0 Å². The Bertz CT molecular complexity index is 3500.